The van der Waals surface area contributed by atoms with Crippen LogP contribution in [0.5, 0.6) is 0 Å². The van der Waals surface area contributed by atoms with E-state index in [0.29, 0.717) is 21.7 Å². The van der Waals surface area contributed by atoms with Crippen LogP contribution < -0.4 is 4.90 Å². The monoisotopic (exact) mass is 318 g/mol. The molecule has 1 aliphatic rings. The maximum atomic E-state index is 12.5. The molecule has 1 aromatic heterocycles. The highest BCUT2D eigenvalue weighted by Crippen LogP contribution is 2.27. The van der Waals surface area contributed by atoms with Crippen molar-refractivity contribution in [2.75, 3.05) is 4.90 Å². The smallest absolute Gasteiger partial charge is 0.266 e. The molecule has 3 rings (SSSR count). The Morgan fingerprint density at radius 3 is 2.52 bits per heavy atom. The Hall–Kier alpha value is -2.05. The first-order chi connectivity index (χ1) is 10.0. The summed E-state index contributed by atoms with van der Waals surface area (Å²) in [5, 5.41) is 9.93. The van der Waals surface area contributed by atoms with Gasteiger partial charge in [0.2, 0.25) is 5.13 Å². The van der Waals surface area contributed by atoms with E-state index >= 15 is 0 Å². The van der Waals surface area contributed by atoms with E-state index in [-0.39, 0.29) is 5.91 Å². The van der Waals surface area contributed by atoms with Gasteiger partial charge < -0.3 is 0 Å². The molecule has 106 valence electrons. The molecule has 0 aliphatic carbocycles. The van der Waals surface area contributed by atoms with E-state index in [9.17, 15) is 4.79 Å². The number of aryl methyl sites for hydroxylation is 1. The molecule has 2 heterocycles. The van der Waals surface area contributed by atoms with E-state index < -0.39 is 0 Å². The van der Waals surface area contributed by atoms with Crippen molar-refractivity contribution in [3.63, 3.8) is 0 Å². The zero-order valence-electron chi connectivity index (χ0n) is 11.4. The van der Waals surface area contributed by atoms with Crippen LogP contribution in [0.1, 0.15) is 17.5 Å². The van der Waals surface area contributed by atoms with Crippen molar-refractivity contribution in [1.29, 1.82) is 0 Å². The number of amides is 1. The molecule has 0 saturated carbocycles. The van der Waals surface area contributed by atoms with E-state index in [0.717, 1.165) is 10.6 Å². The van der Waals surface area contributed by atoms with Gasteiger partial charge in [0.05, 0.1) is 0 Å². The SMILES string of the molecule is CC1=N/C(=C\c2ccc(Cl)cc2)C(=O)N1c1nnc(C)s1. The number of aromatic nitrogens is 2. The molecule has 2 aromatic rings. The van der Waals surface area contributed by atoms with Gasteiger partial charge in [-0.3, -0.25) is 4.79 Å². The Morgan fingerprint density at radius 1 is 1.19 bits per heavy atom. The molecule has 0 radical (unpaired) electrons. The minimum Gasteiger partial charge on any atom is -0.266 e. The van der Waals surface area contributed by atoms with Crippen molar-refractivity contribution in [2.45, 2.75) is 13.8 Å². The summed E-state index contributed by atoms with van der Waals surface area (Å²) in [6.45, 7) is 3.62. The topological polar surface area (TPSA) is 58.5 Å². The van der Waals surface area contributed by atoms with E-state index in [1.54, 1.807) is 25.1 Å². The summed E-state index contributed by atoms with van der Waals surface area (Å²) in [5.41, 5.74) is 1.25. The van der Waals surface area contributed by atoms with Crippen molar-refractivity contribution in [2.24, 2.45) is 4.99 Å². The molecule has 5 nitrogen and oxygen atoms in total. The molecule has 1 aromatic carbocycles. The summed E-state index contributed by atoms with van der Waals surface area (Å²) in [7, 11) is 0. The summed E-state index contributed by atoms with van der Waals surface area (Å²) >= 11 is 7.21. The second-order valence-corrected chi connectivity index (χ2v) is 6.08. The number of carbonyl (C=O) groups excluding carboxylic acids is 1. The number of amidine groups is 1. The predicted octanol–water partition coefficient (Wildman–Crippen LogP) is 3.31. The van der Waals surface area contributed by atoms with Gasteiger partial charge in [-0.1, -0.05) is 35.1 Å². The van der Waals surface area contributed by atoms with Gasteiger partial charge in [0.25, 0.3) is 5.91 Å². The minimum absolute atomic E-state index is 0.196. The maximum absolute atomic E-state index is 12.5. The van der Waals surface area contributed by atoms with Gasteiger partial charge in [-0.25, -0.2) is 9.89 Å². The lowest BCUT2D eigenvalue weighted by atomic mass is 10.2. The fourth-order valence-corrected chi connectivity index (χ4v) is 2.81. The van der Waals surface area contributed by atoms with Crippen LogP contribution in [-0.4, -0.2) is 21.9 Å². The van der Waals surface area contributed by atoms with Crippen molar-refractivity contribution < 1.29 is 4.79 Å². The average molecular weight is 319 g/mol. The molecule has 0 saturated heterocycles. The van der Waals surface area contributed by atoms with Crippen LogP contribution in [0.4, 0.5) is 5.13 Å². The average Bonchev–Trinajstić information content (AvgIpc) is 2.97. The Balaban J connectivity index is 1.93. The number of anilines is 1. The number of nitrogens with zero attached hydrogens (tertiary/aromatic N) is 4. The third-order valence-corrected chi connectivity index (χ3v) is 3.98. The number of hydrogen-bond donors (Lipinski definition) is 0. The van der Waals surface area contributed by atoms with Gasteiger partial charge in [-0.05, 0) is 37.6 Å². The lowest BCUT2D eigenvalue weighted by Gasteiger charge is -2.10. The third-order valence-electron chi connectivity index (χ3n) is 2.91. The first-order valence-corrected chi connectivity index (χ1v) is 7.41. The molecule has 0 atom stereocenters. The minimum atomic E-state index is -0.196. The largest absolute Gasteiger partial charge is 0.284 e. The molecule has 0 unspecified atom stereocenters. The molecular weight excluding hydrogens is 308 g/mol. The van der Waals surface area contributed by atoms with Crippen LogP contribution in [0.2, 0.25) is 5.02 Å². The molecule has 0 fully saturated rings. The lowest BCUT2D eigenvalue weighted by Crippen LogP contribution is -2.30. The number of benzene rings is 1. The van der Waals surface area contributed by atoms with Crippen LogP contribution in [-0.2, 0) is 4.79 Å². The standard InChI is InChI=1S/C14H11ClN4OS/c1-8-16-12(7-10-3-5-11(15)6-4-10)13(20)19(8)14-18-17-9(2)21-14/h3-7H,1-2H3/b12-7-. The van der Waals surface area contributed by atoms with E-state index in [4.69, 9.17) is 11.6 Å². The number of hydrogen-bond acceptors (Lipinski definition) is 5. The van der Waals surface area contributed by atoms with Crippen LogP contribution in [0.3, 0.4) is 0 Å². The van der Waals surface area contributed by atoms with Gasteiger partial charge in [0.1, 0.15) is 16.5 Å². The summed E-state index contributed by atoms with van der Waals surface area (Å²) in [6.07, 6.45) is 1.73. The van der Waals surface area contributed by atoms with Crippen molar-refractivity contribution in [1.82, 2.24) is 10.2 Å². The fraction of sp³-hybridized carbons (Fsp3) is 0.143. The molecule has 21 heavy (non-hydrogen) atoms. The maximum Gasteiger partial charge on any atom is 0.284 e. The highest BCUT2D eigenvalue weighted by molar-refractivity contribution is 7.15. The van der Waals surface area contributed by atoms with E-state index in [1.165, 1.54) is 16.2 Å². The number of halogens is 1. The highest BCUT2D eigenvalue weighted by atomic mass is 35.5. The van der Waals surface area contributed by atoms with Crippen molar-refractivity contribution in [3.05, 3.63) is 45.6 Å². The third kappa shape index (κ3) is 2.72. The summed E-state index contributed by atoms with van der Waals surface area (Å²) < 4.78 is 0. The van der Waals surface area contributed by atoms with Gasteiger partial charge in [0, 0.05) is 5.02 Å². The van der Waals surface area contributed by atoms with Gasteiger partial charge in [-0.15, -0.1) is 10.2 Å². The zero-order valence-corrected chi connectivity index (χ0v) is 12.9. The highest BCUT2D eigenvalue weighted by Gasteiger charge is 2.31. The second-order valence-electron chi connectivity index (χ2n) is 4.48. The molecule has 0 spiro atoms. The van der Waals surface area contributed by atoms with Crippen molar-refractivity contribution in [3.8, 4) is 0 Å². The molecule has 0 bridgehead atoms. The first-order valence-electron chi connectivity index (χ1n) is 6.22. The number of carbonyl (C=O) groups is 1. The predicted molar refractivity (Wildman–Crippen MR) is 84.7 cm³/mol. The van der Waals surface area contributed by atoms with Crippen LogP contribution in [0.25, 0.3) is 6.08 Å². The molecule has 1 aliphatic heterocycles. The van der Waals surface area contributed by atoms with Gasteiger partial charge in [0.15, 0.2) is 0 Å². The van der Waals surface area contributed by atoms with Gasteiger partial charge >= 0.3 is 0 Å². The molecule has 0 N–H and O–H groups in total. The quantitative estimate of drug-likeness (QED) is 0.798. The molecule has 7 heteroatoms. The summed E-state index contributed by atoms with van der Waals surface area (Å²) in [5.74, 6) is 0.398. The fourth-order valence-electron chi connectivity index (χ4n) is 1.95. The molecule has 1 amide bonds. The normalized spacial score (nSPS) is 16.7. The summed E-state index contributed by atoms with van der Waals surface area (Å²) in [6, 6.07) is 7.22. The zero-order chi connectivity index (χ0) is 15.0. The Labute approximate surface area is 130 Å². The Bertz CT molecular complexity index is 764. The van der Waals surface area contributed by atoms with Crippen LogP contribution in [0.15, 0.2) is 35.0 Å². The second kappa shape index (κ2) is 5.38. The van der Waals surface area contributed by atoms with Crippen LogP contribution in [0, 0.1) is 6.92 Å². The van der Waals surface area contributed by atoms with Gasteiger partial charge in [-0.2, -0.15) is 0 Å². The number of aliphatic imine (C=N–C) groups is 1. The number of rotatable bonds is 2. The van der Waals surface area contributed by atoms with Crippen molar-refractivity contribution >= 4 is 45.9 Å². The van der Waals surface area contributed by atoms with E-state index in [2.05, 4.69) is 15.2 Å². The Morgan fingerprint density at radius 2 is 1.90 bits per heavy atom. The van der Waals surface area contributed by atoms with E-state index in [1.807, 2.05) is 19.1 Å². The lowest BCUT2D eigenvalue weighted by molar-refractivity contribution is -0.113. The first kappa shape index (κ1) is 13.9. The van der Waals surface area contributed by atoms with Crippen LogP contribution >= 0.6 is 22.9 Å². The summed E-state index contributed by atoms with van der Waals surface area (Å²) in [4.78, 5) is 18.2. The Kier molecular flexibility index (Phi) is 3.57. The molecular formula is C14H11ClN4OS.